The van der Waals surface area contributed by atoms with Crippen LogP contribution < -0.4 is 0 Å². The van der Waals surface area contributed by atoms with Crippen molar-refractivity contribution in [2.75, 3.05) is 0 Å². The van der Waals surface area contributed by atoms with E-state index in [1.807, 2.05) is 0 Å². The van der Waals surface area contributed by atoms with Gasteiger partial charge in [0.2, 0.25) is 0 Å². The zero-order valence-corrected chi connectivity index (χ0v) is 6.36. The summed E-state index contributed by atoms with van der Waals surface area (Å²) >= 11 is -3.91. The van der Waals surface area contributed by atoms with Crippen molar-refractivity contribution in [1.82, 2.24) is 0 Å². The molecule has 50 valence electrons. The number of hydrogen-bond acceptors (Lipinski definition) is 4. The van der Waals surface area contributed by atoms with E-state index in [1.165, 1.54) is 0 Å². The summed E-state index contributed by atoms with van der Waals surface area (Å²) in [6.07, 6.45) is 0. The molecule has 0 saturated heterocycles. The molecule has 0 fully saturated rings. The molecule has 9 heavy (non-hydrogen) atoms. The fourth-order valence-electron chi connectivity index (χ4n) is 0.136. The Morgan fingerprint density at radius 2 is 0.889 bits per heavy atom. The molecule has 0 amide bonds. The molecule has 0 saturated carbocycles. The van der Waals surface area contributed by atoms with Gasteiger partial charge in [0.05, 0.1) is 0 Å². The summed E-state index contributed by atoms with van der Waals surface area (Å²) in [6, 6.07) is 0. The van der Waals surface area contributed by atoms with Crippen molar-refractivity contribution in [2.45, 2.75) is 0 Å². The van der Waals surface area contributed by atoms with Crippen LogP contribution in [0.4, 0.5) is 0 Å². The number of carbonyl (C=O) groups is 4. The molecule has 0 unspecified atom stereocenters. The summed E-state index contributed by atoms with van der Waals surface area (Å²) in [5.74, 6) is 0. The average Bonchev–Trinajstić information content (AvgIpc) is 1.95. The molecule has 0 heterocycles. The van der Waals surface area contributed by atoms with E-state index in [2.05, 4.69) is 0 Å². The molecule has 0 N–H and O–H groups in total. The number of carbonyl (C=O) groups excluding carboxylic acids is 4. The molecule has 0 aromatic rings. The first-order valence-electron chi connectivity index (χ1n) is 1.89. The molecule has 4 nitrogen and oxygen atoms in total. The minimum atomic E-state index is -3.91. The second kappa shape index (κ2) is 3.40. The normalized spacial score (nSPS) is 11.6. The van der Waals surface area contributed by atoms with Crippen LogP contribution in [0.15, 0.2) is 0 Å². The molecule has 0 aliphatic carbocycles. The molecule has 0 aliphatic rings. The summed E-state index contributed by atoms with van der Waals surface area (Å²) in [6.45, 7) is 0. The Balaban J connectivity index is 4.53. The van der Waals surface area contributed by atoms with Crippen LogP contribution in [0.25, 0.3) is 0 Å². The van der Waals surface area contributed by atoms with Crippen LogP contribution in [0.5, 0.6) is 0 Å². The van der Waals surface area contributed by atoms with Gasteiger partial charge in [-0.2, -0.15) is 0 Å². The Bertz CT molecular complexity index is 115. The minimum absolute atomic E-state index is 0.190. The first-order chi connectivity index (χ1) is 4.24. The van der Waals surface area contributed by atoms with Crippen molar-refractivity contribution in [3.8, 4) is 0 Å². The third-order valence-electron chi connectivity index (χ3n) is 0.667. The van der Waals surface area contributed by atoms with Gasteiger partial charge in [-0.05, 0) is 0 Å². The first-order valence-corrected chi connectivity index (χ1v) is 6.52. The average molecular weight is 212 g/mol. The zero-order valence-electron chi connectivity index (χ0n) is 4.35. The Labute approximate surface area is 54.4 Å². The van der Waals surface area contributed by atoms with Crippen LogP contribution in [0, 0.1) is 0 Å². The van der Waals surface area contributed by atoms with Gasteiger partial charge in [0.25, 0.3) is 0 Å². The van der Waals surface area contributed by atoms with Crippen LogP contribution >= 0.6 is 0 Å². The maximum atomic E-state index is 9.91. The van der Waals surface area contributed by atoms with Gasteiger partial charge in [-0.25, -0.2) is 0 Å². The fourth-order valence-corrected chi connectivity index (χ4v) is 0.805. The van der Waals surface area contributed by atoms with Gasteiger partial charge in [-0.3, -0.25) is 0 Å². The van der Waals surface area contributed by atoms with E-state index < -0.39 is 16.1 Å². The van der Waals surface area contributed by atoms with Gasteiger partial charge in [-0.1, -0.05) is 0 Å². The molecule has 0 atom stereocenters. The van der Waals surface area contributed by atoms with E-state index in [0.717, 1.165) is 0 Å². The van der Waals surface area contributed by atoms with Crippen LogP contribution in [0.2, 0.25) is 0 Å². The fraction of sp³-hybridized carbons (Fsp3) is 0. The molecule has 0 rings (SSSR count). The van der Waals surface area contributed by atoms with E-state index in [4.69, 9.17) is 0 Å². The molecule has 5 heteroatoms. The van der Waals surface area contributed by atoms with Crippen molar-refractivity contribution in [3.05, 3.63) is 0 Å². The van der Waals surface area contributed by atoms with Crippen LogP contribution in [-0.4, -0.2) is 18.7 Å². The van der Waals surface area contributed by atoms with Crippen molar-refractivity contribution < 1.29 is 35.2 Å². The zero-order chi connectivity index (χ0) is 7.33. The molecule has 0 aromatic carbocycles. The third-order valence-corrected chi connectivity index (χ3v) is 3.94. The SMILES string of the molecule is O=[CH][Mo]([CH]=O)([CH]=O)[CH]=O. The van der Waals surface area contributed by atoms with Crippen molar-refractivity contribution in [3.63, 3.8) is 0 Å². The van der Waals surface area contributed by atoms with Gasteiger partial charge in [0.15, 0.2) is 0 Å². The maximum absolute atomic E-state index is 9.91. The Morgan fingerprint density at radius 1 is 0.667 bits per heavy atom. The second-order valence-electron chi connectivity index (χ2n) is 1.20. The summed E-state index contributed by atoms with van der Waals surface area (Å²) < 4.78 is 0.760. The summed E-state index contributed by atoms with van der Waals surface area (Å²) in [4.78, 5) is 39.6. The summed E-state index contributed by atoms with van der Waals surface area (Å²) in [5.41, 5.74) is 0. The van der Waals surface area contributed by atoms with E-state index in [9.17, 15) is 19.2 Å². The quantitative estimate of drug-likeness (QED) is 0.438. The van der Waals surface area contributed by atoms with Gasteiger partial charge >= 0.3 is 53.9 Å². The van der Waals surface area contributed by atoms with Crippen molar-refractivity contribution in [1.29, 1.82) is 0 Å². The standard InChI is InChI=1S/4CHO.Mo/c4*1-2;/h4*1H;. The van der Waals surface area contributed by atoms with Gasteiger partial charge < -0.3 is 0 Å². The predicted molar refractivity (Wildman–Crippen MR) is 27.0 cm³/mol. The molecular formula is C4H4MoO4. The van der Waals surface area contributed by atoms with Crippen LogP contribution in [-0.2, 0) is 35.2 Å². The van der Waals surface area contributed by atoms with E-state index in [1.54, 1.807) is 0 Å². The number of rotatable bonds is 4. The predicted octanol–water partition coefficient (Wildman–Crippen LogP) is -1.10. The first kappa shape index (κ1) is 8.37. The Morgan fingerprint density at radius 3 is 0.889 bits per heavy atom. The molecule has 0 aromatic heterocycles. The molecule has 0 bridgehead atoms. The van der Waals surface area contributed by atoms with Gasteiger partial charge in [0, 0.05) is 0 Å². The van der Waals surface area contributed by atoms with E-state index >= 15 is 0 Å². The van der Waals surface area contributed by atoms with Gasteiger partial charge in [-0.15, -0.1) is 0 Å². The molecular weight excluding hydrogens is 208 g/mol. The number of hydrogen-bond donors (Lipinski definition) is 0. The summed E-state index contributed by atoms with van der Waals surface area (Å²) in [7, 11) is 0. The Hall–Kier alpha value is -0.632. The second-order valence-corrected chi connectivity index (χ2v) is 7.11. The molecule has 0 spiro atoms. The van der Waals surface area contributed by atoms with Crippen LogP contribution in [0.1, 0.15) is 0 Å². The van der Waals surface area contributed by atoms with Gasteiger partial charge in [0.1, 0.15) is 0 Å². The van der Waals surface area contributed by atoms with Crippen LogP contribution in [0.3, 0.4) is 0 Å². The van der Waals surface area contributed by atoms with E-state index in [0.29, 0.717) is 0 Å². The van der Waals surface area contributed by atoms with Crippen molar-refractivity contribution in [2.24, 2.45) is 0 Å². The van der Waals surface area contributed by atoms with Crippen molar-refractivity contribution >= 4 is 18.7 Å². The van der Waals surface area contributed by atoms with E-state index in [-0.39, 0.29) is 18.7 Å². The summed E-state index contributed by atoms with van der Waals surface area (Å²) in [5, 5.41) is 0. The topological polar surface area (TPSA) is 68.3 Å². The Kier molecular flexibility index (Phi) is 3.17. The molecule has 0 radical (unpaired) electrons. The third kappa shape index (κ3) is 1.64. The molecule has 0 aliphatic heterocycles. The monoisotopic (exact) mass is 214 g/mol.